The van der Waals surface area contributed by atoms with Crippen LogP contribution in [0.2, 0.25) is 0 Å². The van der Waals surface area contributed by atoms with E-state index >= 15 is 0 Å². The minimum Gasteiger partial charge on any atom is -0.488 e. The highest BCUT2D eigenvalue weighted by atomic mass is 32.2. The maximum absolute atomic E-state index is 12.3. The number of hydrogen-bond acceptors (Lipinski definition) is 4. The number of rotatable bonds is 7. The molecule has 1 aliphatic rings. The Morgan fingerprint density at radius 3 is 2.43 bits per heavy atom. The minimum atomic E-state index is -3.62. The Labute approximate surface area is 135 Å². The van der Waals surface area contributed by atoms with Gasteiger partial charge in [0, 0.05) is 6.54 Å². The molecule has 0 saturated carbocycles. The summed E-state index contributed by atoms with van der Waals surface area (Å²) < 4.78 is 56.2. The molecule has 2 rings (SSSR count). The van der Waals surface area contributed by atoms with Gasteiger partial charge in [-0.1, -0.05) is 6.92 Å². The molecule has 1 aromatic rings. The van der Waals surface area contributed by atoms with E-state index in [1.54, 1.807) is 0 Å². The van der Waals surface area contributed by atoms with E-state index in [1.807, 2.05) is 0 Å². The van der Waals surface area contributed by atoms with E-state index in [9.17, 15) is 17.2 Å². The topological polar surface area (TPSA) is 67.4 Å². The third-order valence-corrected chi connectivity index (χ3v) is 5.43. The van der Waals surface area contributed by atoms with Gasteiger partial charge in [0.2, 0.25) is 10.0 Å². The van der Waals surface area contributed by atoms with Crippen LogP contribution in [0.3, 0.4) is 0 Å². The fourth-order valence-corrected chi connectivity index (χ4v) is 3.63. The number of sulfonamides is 1. The molecular weight excluding hydrogens is 326 g/mol. The van der Waals surface area contributed by atoms with E-state index in [1.165, 1.54) is 24.3 Å². The maximum atomic E-state index is 12.3. The highest BCUT2D eigenvalue weighted by Crippen LogP contribution is 2.27. The summed E-state index contributed by atoms with van der Waals surface area (Å²) >= 11 is 0. The molecule has 130 valence electrons. The molecule has 1 saturated heterocycles. The van der Waals surface area contributed by atoms with Gasteiger partial charge in [-0.25, -0.2) is 21.9 Å². The number of piperidine rings is 1. The zero-order valence-electron chi connectivity index (χ0n) is 13.0. The van der Waals surface area contributed by atoms with E-state index in [0.717, 1.165) is 25.9 Å². The van der Waals surface area contributed by atoms with Gasteiger partial charge in [0.25, 0.3) is 6.43 Å². The second-order valence-electron chi connectivity index (χ2n) is 6.06. The number of halogens is 2. The average molecular weight is 348 g/mol. The number of nitrogens with one attached hydrogen (secondary N) is 2. The van der Waals surface area contributed by atoms with Crippen LogP contribution in [-0.2, 0) is 10.0 Å². The van der Waals surface area contributed by atoms with Gasteiger partial charge < -0.3 is 10.1 Å². The summed E-state index contributed by atoms with van der Waals surface area (Å²) in [5.74, 6) is 0.217. The Morgan fingerprint density at radius 2 is 1.87 bits per heavy atom. The lowest BCUT2D eigenvalue weighted by atomic mass is 9.81. The quantitative estimate of drug-likeness (QED) is 0.791. The summed E-state index contributed by atoms with van der Waals surface area (Å²) in [7, 11) is -3.62. The van der Waals surface area contributed by atoms with Gasteiger partial charge in [-0.15, -0.1) is 0 Å². The predicted octanol–water partition coefficient (Wildman–Crippen LogP) is 2.00. The van der Waals surface area contributed by atoms with Crippen molar-refractivity contribution in [3.63, 3.8) is 0 Å². The van der Waals surface area contributed by atoms with Gasteiger partial charge in [0.15, 0.2) is 0 Å². The van der Waals surface area contributed by atoms with Crippen LogP contribution in [0.4, 0.5) is 8.78 Å². The van der Waals surface area contributed by atoms with Gasteiger partial charge in [-0.05, 0) is 55.6 Å². The van der Waals surface area contributed by atoms with Gasteiger partial charge in [-0.3, -0.25) is 0 Å². The van der Waals surface area contributed by atoms with Crippen molar-refractivity contribution in [2.45, 2.75) is 31.1 Å². The van der Waals surface area contributed by atoms with Crippen LogP contribution in [0, 0.1) is 5.41 Å². The van der Waals surface area contributed by atoms with E-state index in [-0.39, 0.29) is 16.1 Å². The smallest absolute Gasteiger partial charge is 0.272 e. The molecule has 23 heavy (non-hydrogen) atoms. The summed E-state index contributed by atoms with van der Waals surface area (Å²) in [5.41, 5.74) is -0.0569. The summed E-state index contributed by atoms with van der Waals surface area (Å²) in [6.07, 6.45) is -0.739. The van der Waals surface area contributed by atoms with Crippen LogP contribution >= 0.6 is 0 Å². The Kier molecular flexibility index (Phi) is 5.94. The van der Waals surface area contributed by atoms with Crippen molar-refractivity contribution in [1.29, 1.82) is 0 Å². The van der Waals surface area contributed by atoms with Crippen molar-refractivity contribution < 1.29 is 21.9 Å². The summed E-state index contributed by atoms with van der Waals surface area (Å²) in [4.78, 5) is 0.0967. The molecule has 0 atom stereocenters. The van der Waals surface area contributed by atoms with Crippen molar-refractivity contribution in [2.24, 2.45) is 5.41 Å². The second kappa shape index (κ2) is 7.55. The predicted molar refractivity (Wildman–Crippen MR) is 83.3 cm³/mol. The molecule has 0 aliphatic carbocycles. The third kappa shape index (κ3) is 5.40. The molecule has 1 aromatic carbocycles. The highest BCUT2D eigenvalue weighted by molar-refractivity contribution is 7.89. The number of hydrogen-bond donors (Lipinski definition) is 2. The van der Waals surface area contributed by atoms with E-state index in [4.69, 9.17) is 4.74 Å². The highest BCUT2D eigenvalue weighted by Gasteiger charge is 2.28. The first-order valence-electron chi connectivity index (χ1n) is 7.52. The van der Waals surface area contributed by atoms with E-state index in [0.29, 0.717) is 6.54 Å². The fraction of sp³-hybridized carbons (Fsp3) is 0.600. The van der Waals surface area contributed by atoms with Crippen LogP contribution in [-0.4, -0.2) is 41.1 Å². The first-order chi connectivity index (χ1) is 10.8. The van der Waals surface area contributed by atoms with Crippen LogP contribution in [0.1, 0.15) is 19.8 Å². The Morgan fingerprint density at radius 1 is 1.26 bits per heavy atom. The molecule has 0 radical (unpaired) electrons. The maximum Gasteiger partial charge on any atom is 0.272 e. The standard InChI is InChI=1S/C15H22F2N2O3S/c1-15(6-8-18-9-7-15)11-19-23(20,21)13-4-2-12(3-5-13)22-10-14(16)17/h2-5,14,18-19H,6-11H2,1H3. The second-order valence-corrected chi connectivity index (χ2v) is 7.83. The number of alkyl halides is 2. The fourth-order valence-electron chi connectivity index (χ4n) is 2.43. The molecule has 5 nitrogen and oxygen atoms in total. The molecule has 8 heteroatoms. The average Bonchev–Trinajstić information content (AvgIpc) is 2.52. The monoisotopic (exact) mass is 348 g/mol. The minimum absolute atomic E-state index is 0.0569. The van der Waals surface area contributed by atoms with E-state index in [2.05, 4.69) is 17.0 Å². The molecule has 2 N–H and O–H groups in total. The molecule has 0 spiro atoms. The van der Waals surface area contributed by atoms with Crippen molar-refractivity contribution in [3.05, 3.63) is 24.3 Å². The lowest BCUT2D eigenvalue weighted by molar-refractivity contribution is 0.0819. The molecule has 0 amide bonds. The third-order valence-electron chi connectivity index (χ3n) is 4.01. The lowest BCUT2D eigenvalue weighted by Crippen LogP contribution is -2.42. The Bertz CT molecular complexity index is 600. The molecule has 0 aromatic heterocycles. The van der Waals surface area contributed by atoms with Crippen molar-refractivity contribution in [3.8, 4) is 5.75 Å². The van der Waals surface area contributed by atoms with Gasteiger partial charge in [0.05, 0.1) is 4.90 Å². The summed E-state index contributed by atoms with van der Waals surface area (Å²) in [5, 5.41) is 3.25. The van der Waals surface area contributed by atoms with Crippen molar-refractivity contribution in [1.82, 2.24) is 10.0 Å². The van der Waals surface area contributed by atoms with Crippen LogP contribution in [0.15, 0.2) is 29.2 Å². The van der Waals surface area contributed by atoms with Gasteiger partial charge >= 0.3 is 0 Å². The normalized spacial score (nSPS) is 18.1. The largest absolute Gasteiger partial charge is 0.488 e. The molecule has 1 aliphatic heterocycles. The zero-order valence-corrected chi connectivity index (χ0v) is 13.8. The van der Waals surface area contributed by atoms with Crippen LogP contribution in [0.5, 0.6) is 5.75 Å². The molecule has 0 bridgehead atoms. The van der Waals surface area contributed by atoms with Crippen molar-refractivity contribution in [2.75, 3.05) is 26.2 Å². The van der Waals surface area contributed by atoms with Crippen LogP contribution < -0.4 is 14.8 Å². The molecule has 0 unspecified atom stereocenters. The SMILES string of the molecule is CC1(CNS(=O)(=O)c2ccc(OCC(F)F)cc2)CCNCC1. The first-order valence-corrected chi connectivity index (χ1v) is 9.00. The summed E-state index contributed by atoms with van der Waals surface area (Å²) in [6, 6.07) is 5.47. The van der Waals surface area contributed by atoms with E-state index < -0.39 is 23.1 Å². The zero-order chi connectivity index (χ0) is 16.9. The number of benzene rings is 1. The van der Waals surface area contributed by atoms with Gasteiger partial charge in [0.1, 0.15) is 12.4 Å². The number of ether oxygens (including phenoxy) is 1. The lowest BCUT2D eigenvalue weighted by Gasteiger charge is -2.34. The van der Waals surface area contributed by atoms with Crippen molar-refractivity contribution >= 4 is 10.0 Å². The Balaban J connectivity index is 1.96. The summed E-state index contributed by atoms with van der Waals surface area (Å²) in [6.45, 7) is 3.50. The molecule has 1 heterocycles. The Hall–Kier alpha value is -1.25. The van der Waals surface area contributed by atoms with Gasteiger partial charge in [-0.2, -0.15) is 0 Å². The van der Waals surface area contributed by atoms with Crippen LogP contribution in [0.25, 0.3) is 0 Å². The first kappa shape index (κ1) is 18.1. The molecular formula is C15H22F2N2O3S. The molecule has 1 fully saturated rings.